The van der Waals surface area contributed by atoms with Crippen molar-refractivity contribution in [3.8, 4) is 5.75 Å². The summed E-state index contributed by atoms with van der Waals surface area (Å²) in [4.78, 5) is 51.2. The molecule has 2 aromatic heterocycles. The van der Waals surface area contributed by atoms with Crippen LogP contribution in [0.25, 0.3) is 11.0 Å². The fraction of sp³-hybridized carbons (Fsp3) is 0.375. The van der Waals surface area contributed by atoms with E-state index in [1.165, 1.54) is 6.20 Å². The molecule has 1 saturated heterocycles. The molecule has 0 saturated carbocycles. The largest absolute Gasteiger partial charge is 0.489 e. The SMILES string of the molecule is CC(C)[C@H](NC(=O)c1nc2ccccc2[nH]c1=O)C(=O)N1CCC(Oc2cncc(Cl)c2)CC1. The first-order chi connectivity index (χ1) is 16.3. The Morgan fingerprint density at radius 1 is 1.21 bits per heavy atom. The molecule has 4 rings (SSSR count). The van der Waals surface area contributed by atoms with Crippen LogP contribution in [0.1, 0.15) is 37.2 Å². The number of halogens is 1. The second kappa shape index (κ2) is 10.2. The zero-order chi connectivity index (χ0) is 24.2. The summed E-state index contributed by atoms with van der Waals surface area (Å²) in [5.74, 6) is -0.450. The molecule has 1 aromatic carbocycles. The van der Waals surface area contributed by atoms with E-state index in [9.17, 15) is 14.4 Å². The van der Waals surface area contributed by atoms with Crippen LogP contribution in [0.5, 0.6) is 5.75 Å². The number of nitrogens with one attached hydrogen (secondary N) is 2. The van der Waals surface area contributed by atoms with Crippen LogP contribution in [-0.4, -0.2) is 56.9 Å². The first-order valence-electron chi connectivity index (χ1n) is 11.2. The van der Waals surface area contributed by atoms with Gasteiger partial charge < -0.3 is 19.9 Å². The Balaban J connectivity index is 1.41. The maximum atomic E-state index is 13.3. The number of hydrogen-bond donors (Lipinski definition) is 2. The highest BCUT2D eigenvalue weighted by Gasteiger charge is 2.32. The van der Waals surface area contributed by atoms with Gasteiger partial charge in [-0.1, -0.05) is 37.6 Å². The molecule has 9 nitrogen and oxygen atoms in total. The second-order valence-corrected chi connectivity index (χ2v) is 9.04. The number of ether oxygens (including phenoxy) is 1. The Bertz CT molecular complexity index is 1250. The van der Waals surface area contributed by atoms with Crippen molar-refractivity contribution < 1.29 is 14.3 Å². The number of amides is 2. The number of carbonyl (C=O) groups is 2. The predicted octanol–water partition coefficient (Wildman–Crippen LogP) is 2.80. The molecule has 3 aromatic rings. The Morgan fingerprint density at radius 2 is 1.94 bits per heavy atom. The minimum atomic E-state index is -0.783. The molecule has 178 valence electrons. The predicted molar refractivity (Wildman–Crippen MR) is 128 cm³/mol. The van der Waals surface area contributed by atoms with Crippen LogP contribution < -0.4 is 15.6 Å². The summed E-state index contributed by atoms with van der Waals surface area (Å²) >= 11 is 5.96. The van der Waals surface area contributed by atoms with Gasteiger partial charge in [0, 0.05) is 38.2 Å². The first-order valence-corrected chi connectivity index (χ1v) is 11.6. The molecule has 1 fully saturated rings. The Kier molecular flexibility index (Phi) is 7.12. The molecule has 10 heteroatoms. The molecular formula is C24H26ClN5O4. The fourth-order valence-corrected chi connectivity index (χ4v) is 4.11. The monoisotopic (exact) mass is 483 g/mol. The van der Waals surface area contributed by atoms with Crippen LogP contribution in [0.3, 0.4) is 0 Å². The average Bonchev–Trinajstić information content (AvgIpc) is 2.82. The van der Waals surface area contributed by atoms with Gasteiger partial charge in [-0.15, -0.1) is 0 Å². The lowest BCUT2D eigenvalue weighted by molar-refractivity contribution is -0.136. The van der Waals surface area contributed by atoms with E-state index >= 15 is 0 Å². The van der Waals surface area contributed by atoms with Crippen molar-refractivity contribution in [3.63, 3.8) is 0 Å². The molecule has 0 bridgehead atoms. The first kappa shape index (κ1) is 23.7. The highest BCUT2D eigenvalue weighted by Crippen LogP contribution is 2.22. The van der Waals surface area contributed by atoms with E-state index in [1.807, 2.05) is 13.8 Å². The van der Waals surface area contributed by atoms with Crippen LogP contribution in [0.2, 0.25) is 5.02 Å². The molecule has 3 heterocycles. The number of benzene rings is 1. The topological polar surface area (TPSA) is 117 Å². The molecule has 0 unspecified atom stereocenters. The minimum Gasteiger partial charge on any atom is -0.489 e. The van der Waals surface area contributed by atoms with Crippen LogP contribution in [0.15, 0.2) is 47.5 Å². The van der Waals surface area contributed by atoms with Crippen molar-refractivity contribution in [2.45, 2.75) is 38.8 Å². The van der Waals surface area contributed by atoms with Gasteiger partial charge in [-0.25, -0.2) is 4.98 Å². The van der Waals surface area contributed by atoms with Gasteiger partial charge in [-0.05, 0) is 18.1 Å². The summed E-state index contributed by atoms with van der Waals surface area (Å²) in [6.07, 6.45) is 4.37. The zero-order valence-corrected chi connectivity index (χ0v) is 19.7. The van der Waals surface area contributed by atoms with Gasteiger partial charge in [0.25, 0.3) is 11.5 Å². The Labute approximate surface area is 201 Å². The molecule has 2 N–H and O–H groups in total. The van der Waals surface area contributed by atoms with Crippen molar-refractivity contribution in [1.29, 1.82) is 0 Å². The van der Waals surface area contributed by atoms with Crippen molar-refractivity contribution >= 4 is 34.4 Å². The van der Waals surface area contributed by atoms with E-state index in [-0.39, 0.29) is 23.6 Å². The Morgan fingerprint density at radius 3 is 2.65 bits per heavy atom. The molecule has 1 aliphatic rings. The summed E-state index contributed by atoms with van der Waals surface area (Å²) < 4.78 is 5.94. The number of carbonyl (C=O) groups excluding carboxylic acids is 2. The zero-order valence-electron chi connectivity index (χ0n) is 19.0. The van der Waals surface area contributed by atoms with Crippen LogP contribution in [0, 0.1) is 5.92 Å². The highest BCUT2D eigenvalue weighted by molar-refractivity contribution is 6.30. The van der Waals surface area contributed by atoms with E-state index in [2.05, 4.69) is 20.3 Å². The van der Waals surface area contributed by atoms with E-state index < -0.39 is 17.5 Å². The van der Waals surface area contributed by atoms with Gasteiger partial charge in [0.2, 0.25) is 5.91 Å². The van der Waals surface area contributed by atoms with Crippen molar-refractivity contribution in [2.24, 2.45) is 5.92 Å². The summed E-state index contributed by atoms with van der Waals surface area (Å²) in [5, 5.41) is 3.23. The summed E-state index contributed by atoms with van der Waals surface area (Å²) in [7, 11) is 0. The summed E-state index contributed by atoms with van der Waals surface area (Å²) in [5.41, 5.74) is 0.176. The van der Waals surface area contributed by atoms with Crippen molar-refractivity contribution in [3.05, 3.63) is 63.8 Å². The van der Waals surface area contributed by atoms with E-state index in [1.54, 1.807) is 41.4 Å². The van der Waals surface area contributed by atoms with Gasteiger partial charge >= 0.3 is 0 Å². The number of aromatic nitrogens is 3. The van der Waals surface area contributed by atoms with Gasteiger partial charge in [0.15, 0.2) is 5.69 Å². The van der Waals surface area contributed by atoms with Crippen LogP contribution in [0.4, 0.5) is 0 Å². The number of nitrogens with zero attached hydrogens (tertiary/aromatic N) is 3. The second-order valence-electron chi connectivity index (χ2n) is 8.61. The standard InChI is InChI=1S/C24H26ClN5O4/c1-14(2)20(29-23(32)21-22(31)28-19-6-4-3-5-18(19)27-21)24(33)30-9-7-16(8-10-30)34-17-11-15(25)12-26-13-17/h3-6,11-14,16,20H,7-10H2,1-2H3,(H,28,31)(H,29,32)/t20-/m0/s1. The van der Waals surface area contributed by atoms with Gasteiger partial charge in [0.05, 0.1) is 22.3 Å². The van der Waals surface area contributed by atoms with Crippen molar-refractivity contribution in [1.82, 2.24) is 25.2 Å². The third kappa shape index (κ3) is 5.36. The van der Waals surface area contributed by atoms with Crippen molar-refractivity contribution in [2.75, 3.05) is 13.1 Å². The van der Waals surface area contributed by atoms with E-state index in [0.29, 0.717) is 47.7 Å². The summed E-state index contributed by atoms with van der Waals surface area (Å²) in [6, 6.07) is 7.88. The lowest BCUT2D eigenvalue weighted by Gasteiger charge is -2.35. The third-order valence-electron chi connectivity index (χ3n) is 5.77. The number of rotatable bonds is 6. The summed E-state index contributed by atoms with van der Waals surface area (Å²) in [6.45, 7) is 4.68. The number of piperidine rings is 1. The quantitative estimate of drug-likeness (QED) is 0.556. The van der Waals surface area contributed by atoms with Gasteiger partial charge in [-0.3, -0.25) is 19.4 Å². The number of likely N-dealkylation sites (tertiary alicyclic amines) is 1. The van der Waals surface area contributed by atoms with Crippen LogP contribution in [-0.2, 0) is 4.79 Å². The molecule has 34 heavy (non-hydrogen) atoms. The van der Waals surface area contributed by atoms with Crippen LogP contribution >= 0.6 is 11.6 Å². The lowest BCUT2D eigenvalue weighted by atomic mass is 10.00. The normalized spacial score (nSPS) is 15.4. The minimum absolute atomic E-state index is 0.0585. The Hall–Kier alpha value is -3.46. The number of fused-ring (bicyclic) bond motifs is 1. The van der Waals surface area contributed by atoms with E-state index in [0.717, 1.165) is 0 Å². The molecule has 0 radical (unpaired) electrons. The molecular weight excluding hydrogens is 458 g/mol. The average molecular weight is 484 g/mol. The number of H-pyrrole nitrogens is 1. The molecule has 1 aliphatic heterocycles. The number of para-hydroxylation sites is 2. The highest BCUT2D eigenvalue weighted by atomic mass is 35.5. The maximum absolute atomic E-state index is 13.3. The fourth-order valence-electron chi connectivity index (χ4n) is 3.95. The molecule has 0 aliphatic carbocycles. The van der Waals surface area contributed by atoms with Gasteiger partial charge in [-0.2, -0.15) is 0 Å². The number of pyridine rings is 1. The third-order valence-corrected chi connectivity index (χ3v) is 5.98. The lowest BCUT2D eigenvalue weighted by Crippen LogP contribution is -2.54. The molecule has 1 atom stereocenters. The maximum Gasteiger partial charge on any atom is 0.280 e. The number of hydrogen-bond acceptors (Lipinski definition) is 6. The molecule has 0 spiro atoms. The van der Waals surface area contributed by atoms with E-state index in [4.69, 9.17) is 16.3 Å². The number of aromatic amines is 1. The van der Waals surface area contributed by atoms with Gasteiger partial charge in [0.1, 0.15) is 17.9 Å². The molecule has 2 amide bonds. The smallest absolute Gasteiger partial charge is 0.280 e.